The zero-order chi connectivity index (χ0) is 11.0. The maximum Gasteiger partial charge on any atom is 0.128 e. The van der Waals surface area contributed by atoms with Crippen molar-refractivity contribution in [2.24, 2.45) is 0 Å². The SMILES string of the molecule is OC1=C(c2ccccn2)Cc2ccccc21. The number of hydrogen-bond acceptors (Lipinski definition) is 2. The summed E-state index contributed by atoms with van der Waals surface area (Å²) in [6, 6.07) is 13.7. The van der Waals surface area contributed by atoms with Crippen LogP contribution in [0.5, 0.6) is 0 Å². The van der Waals surface area contributed by atoms with Crippen molar-refractivity contribution in [2.75, 3.05) is 0 Å². The first kappa shape index (κ1) is 9.16. The maximum atomic E-state index is 10.1. The van der Waals surface area contributed by atoms with Gasteiger partial charge in [-0.2, -0.15) is 0 Å². The van der Waals surface area contributed by atoms with Crippen LogP contribution in [0.3, 0.4) is 0 Å². The van der Waals surface area contributed by atoms with Crippen LogP contribution in [0.25, 0.3) is 11.3 Å². The summed E-state index contributed by atoms with van der Waals surface area (Å²) in [4.78, 5) is 4.28. The molecule has 0 saturated heterocycles. The minimum Gasteiger partial charge on any atom is -0.507 e. The molecule has 2 aromatic rings. The van der Waals surface area contributed by atoms with E-state index in [1.807, 2.05) is 42.5 Å². The number of aliphatic hydroxyl groups excluding tert-OH is 1. The Hall–Kier alpha value is -2.09. The van der Waals surface area contributed by atoms with E-state index in [9.17, 15) is 5.11 Å². The highest BCUT2D eigenvalue weighted by atomic mass is 16.3. The topological polar surface area (TPSA) is 33.1 Å². The molecule has 78 valence electrons. The molecule has 0 amide bonds. The first-order chi connectivity index (χ1) is 7.86. The molecule has 2 heteroatoms. The molecule has 1 aromatic carbocycles. The van der Waals surface area contributed by atoms with E-state index in [0.29, 0.717) is 5.76 Å². The lowest BCUT2D eigenvalue weighted by Gasteiger charge is -2.00. The molecule has 0 bridgehead atoms. The van der Waals surface area contributed by atoms with Crippen LogP contribution in [0.2, 0.25) is 0 Å². The van der Waals surface area contributed by atoms with Gasteiger partial charge in [0.25, 0.3) is 0 Å². The molecule has 0 spiro atoms. The van der Waals surface area contributed by atoms with E-state index in [1.165, 1.54) is 5.56 Å². The van der Waals surface area contributed by atoms with Gasteiger partial charge in [-0.25, -0.2) is 0 Å². The third-order valence-corrected chi connectivity index (χ3v) is 2.90. The molecule has 3 rings (SSSR count). The summed E-state index contributed by atoms with van der Waals surface area (Å²) in [7, 11) is 0. The highest BCUT2D eigenvalue weighted by Gasteiger charge is 2.21. The average molecular weight is 209 g/mol. The highest BCUT2D eigenvalue weighted by Crippen LogP contribution is 2.35. The summed E-state index contributed by atoms with van der Waals surface area (Å²) in [6.07, 6.45) is 2.51. The molecule has 1 heterocycles. The van der Waals surface area contributed by atoms with E-state index in [4.69, 9.17) is 0 Å². The van der Waals surface area contributed by atoms with E-state index >= 15 is 0 Å². The number of hydrogen-bond donors (Lipinski definition) is 1. The van der Waals surface area contributed by atoms with Crippen molar-refractivity contribution in [1.82, 2.24) is 4.98 Å². The van der Waals surface area contributed by atoms with Crippen LogP contribution in [-0.4, -0.2) is 10.1 Å². The van der Waals surface area contributed by atoms with Gasteiger partial charge in [0.15, 0.2) is 0 Å². The number of nitrogens with zero attached hydrogens (tertiary/aromatic N) is 1. The van der Waals surface area contributed by atoms with Crippen molar-refractivity contribution in [3.63, 3.8) is 0 Å². The van der Waals surface area contributed by atoms with Crippen molar-refractivity contribution in [3.05, 3.63) is 65.5 Å². The van der Waals surface area contributed by atoms with Crippen LogP contribution >= 0.6 is 0 Å². The van der Waals surface area contributed by atoms with Crippen LogP contribution in [0.15, 0.2) is 48.7 Å². The lowest BCUT2D eigenvalue weighted by Crippen LogP contribution is -1.89. The lowest BCUT2D eigenvalue weighted by atomic mass is 10.1. The fraction of sp³-hybridized carbons (Fsp3) is 0.0714. The van der Waals surface area contributed by atoms with Crippen LogP contribution in [0.4, 0.5) is 0 Å². The molecule has 1 aliphatic carbocycles. The lowest BCUT2D eigenvalue weighted by molar-refractivity contribution is 0.515. The molecule has 0 atom stereocenters. The van der Waals surface area contributed by atoms with Crippen molar-refractivity contribution >= 4 is 11.3 Å². The Morgan fingerprint density at radius 2 is 1.81 bits per heavy atom. The minimum atomic E-state index is 0.370. The van der Waals surface area contributed by atoms with Gasteiger partial charge < -0.3 is 5.11 Å². The number of benzene rings is 1. The Morgan fingerprint density at radius 3 is 2.56 bits per heavy atom. The van der Waals surface area contributed by atoms with Crippen LogP contribution < -0.4 is 0 Å². The van der Waals surface area contributed by atoms with Crippen LogP contribution in [-0.2, 0) is 6.42 Å². The normalized spacial score (nSPS) is 14.0. The minimum absolute atomic E-state index is 0.370. The number of allylic oxidation sites excluding steroid dienone is 1. The van der Waals surface area contributed by atoms with Gasteiger partial charge >= 0.3 is 0 Å². The molecule has 0 fully saturated rings. The quantitative estimate of drug-likeness (QED) is 0.783. The molecule has 1 N–H and O–H groups in total. The van der Waals surface area contributed by atoms with Crippen molar-refractivity contribution in [2.45, 2.75) is 6.42 Å². The van der Waals surface area contributed by atoms with Gasteiger partial charge in [-0.15, -0.1) is 0 Å². The van der Waals surface area contributed by atoms with Gasteiger partial charge in [-0.05, 0) is 17.7 Å². The molecular weight excluding hydrogens is 198 g/mol. The number of pyridine rings is 1. The third kappa shape index (κ3) is 1.31. The number of fused-ring (bicyclic) bond motifs is 1. The monoisotopic (exact) mass is 209 g/mol. The molecule has 1 aliphatic rings. The molecule has 1 aromatic heterocycles. The second-order valence-corrected chi connectivity index (χ2v) is 3.88. The smallest absolute Gasteiger partial charge is 0.128 e. The highest BCUT2D eigenvalue weighted by molar-refractivity contribution is 5.92. The van der Waals surface area contributed by atoms with Gasteiger partial charge in [0.2, 0.25) is 0 Å². The van der Waals surface area contributed by atoms with Crippen molar-refractivity contribution in [3.8, 4) is 0 Å². The van der Waals surface area contributed by atoms with E-state index in [1.54, 1.807) is 6.20 Å². The zero-order valence-electron chi connectivity index (χ0n) is 8.72. The fourth-order valence-corrected chi connectivity index (χ4v) is 2.10. The Labute approximate surface area is 93.9 Å². The summed E-state index contributed by atoms with van der Waals surface area (Å²) in [5.74, 6) is 0.370. The van der Waals surface area contributed by atoms with Crippen LogP contribution in [0, 0.1) is 0 Å². The summed E-state index contributed by atoms with van der Waals surface area (Å²) in [6.45, 7) is 0. The molecule has 0 radical (unpaired) electrons. The molecule has 16 heavy (non-hydrogen) atoms. The second kappa shape index (κ2) is 3.49. The largest absolute Gasteiger partial charge is 0.507 e. The summed E-state index contributed by atoms with van der Waals surface area (Å²) >= 11 is 0. The summed E-state index contributed by atoms with van der Waals surface area (Å²) in [5.41, 5.74) is 3.88. The van der Waals surface area contributed by atoms with E-state index in [2.05, 4.69) is 4.98 Å². The number of aliphatic hydroxyl groups is 1. The maximum absolute atomic E-state index is 10.1. The molecule has 0 saturated carbocycles. The first-order valence-corrected chi connectivity index (χ1v) is 5.28. The second-order valence-electron chi connectivity index (χ2n) is 3.88. The number of aromatic nitrogens is 1. The molecule has 0 unspecified atom stereocenters. The molecule has 2 nitrogen and oxygen atoms in total. The standard InChI is InChI=1S/C14H11NO/c16-14-11-6-2-1-5-10(11)9-12(14)13-7-3-4-8-15-13/h1-8,16H,9H2. The van der Waals surface area contributed by atoms with Crippen molar-refractivity contribution < 1.29 is 5.11 Å². The van der Waals surface area contributed by atoms with E-state index < -0.39 is 0 Å². The predicted molar refractivity (Wildman–Crippen MR) is 63.8 cm³/mol. The van der Waals surface area contributed by atoms with Gasteiger partial charge in [0, 0.05) is 23.8 Å². The van der Waals surface area contributed by atoms with E-state index in [0.717, 1.165) is 23.3 Å². The van der Waals surface area contributed by atoms with Gasteiger partial charge in [-0.1, -0.05) is 30.3 Å². The Morgan fingerprint density at radius 1 is 1.00 bits per heavy atom. The van der Waals surface area contributed by atoms with Gasteiger partial charge in [0.1, 0.15) is 5.76 Å². The Bertz CT molecular complexity index is 558. The summed E-state index contributed by atoms with van der Waals surface area (Å²) < 4.78 is 0. The molecular formula is C14H11NO. The van der Waals surface area contributed by atoms with Gasteiger partial charge in [0.05, 0.1) is 5.69 Å². The molecule has 0 aliphatic heterocycles. The average Bonchev–Trinajstić information content (AvgIpc) is 2.69. The summed E-state index contributed by atoms with van der Waals surface area (Å²) in [5, 5.41) is 10.1. The van der Waals surface area contributed by atoms with Crippen molar-refractivity contribution in [1.29, 1.82) is 0 Å². The first-order valence-electron chi connectivity index (χ1n) is 5.28. The zero-order valence-corrected chi connectivity index (χ0v) is 8.72. The Balaban J connectivity index is 2.11. The Kier molecular flexibility index (Phi) is 2.00. The predicted octanol–water partition coefficient (Wildman–Crippen LogP) is 3.06. The third-order valence-electron chi connectivity index (χ3n) is 2.90. The van der Waals surface area contributed by atoms with Crippen LogP contribution in [0.1, 0.15) is 16.8 Å². The van der Waals surface area contributed by atoms with E-state index in [-0.39, 0.29) is 0 Å². The number of rotatable bonds is 1. The van der Waals surface area contributed by atoms with Gasteiger partial charge in [-0.3, -0.25) is 4.98 Å². The fourth-order valence-electron chi connectivity index (χ4n) is 2.10.